The molecule has 0 bridgehead atoms. The molecule has 2 saturated carbocycles. The van der Waals surface area contributed by atoms with Gasteiger partial charge in [0.1, 0.15) is 15.6 Å². The van der Waals surface area contributed by atoms with Crippen LogP contribution < -0.4 is 15.6 Å². The lowest BCUT2D eigenvalue weighted by Crippen LogP contribution is -2.25. The van der Waals surface area contributed by atoms with Crippen molar-refractivity contribution in [1.82, 2.24) is 9.13 Å². The van der Waals surface area contributed by atoms with Crippen LogP contribution in [0.2, 0.25) is 10.0 Å². The van der Waals surface area contributed by atoms with Crippen molar-refractivity contribution in [2.45, 2.75) is 37.8 Å². The number of carbonyl (C=O) groups excluding carboxylic acids is 1. The number of nitrogens with zero attached hydrogens (tertiary/aromatic N) is 2. The fourth-order valence-electron chi connectivity index (χ4n) is 4.47. The summed E-state index contributed by atoms with van der Waals surface area (Å²) in [6, 6.07) is 0.939. The summed E-state index contributed by atoms with van der Waals surface area (Å²) in [7, 11) is 0. The number of aromatic nitrogens is 2. The maximum absolute atomic E-state index is 14.2. The van der Waals surface area contributed by atoms with E-state index in [1.807, 2.05) is 0 Å². The van der Waals surface area contributed by atoms with Gasteiger partial charge < -0.3 is 13.9 Å². The predicted octanol–water partition coefficient (Wildman–Crippen LogP) is 6.07. The van der Waals surface area contributed by atoms with Gasteiger partial charge in [-0.05, 0) is 37.8 Å². The number of rotatable bonds is 4. The van der Waals surface area contributed by atoms with Crippen LogP contribution in [0.5, 0.6) is 5.75 Å². The van der Waals surface area contributed by atoms with E-state index in [1.54, 1.807) is 0 Å². The van der Waals surface area contributed by atoms with Crippen LogP contribution in [0, 0.1) is 23.3 Å². The first-order chi connectivity index (χ1) is 17.6. The van der Waals surface area contributed by atoms with Crippen LogP contribution in [0.25, 0.3) is 21.8 Å². The minimum absolute atomic E-state index is 0.0400. The zero-order chi connectivity index (χ0) is 26.3. The second-order valence-corrected chi connectivity index (χ2v) is 9.88. The first-order valence-electron chi connectivity index (χ1n) is 11.2. The van der Waals surface area contributed by atoms with E-state index < -0.39 is 61.5 Å². The van der Waals surface area contributed by atoms with Gasteiger partial charge in [-0.3, -0.25) is 9.59 Å². The molecule has 6 nitrogen and oxygen atoms in total. The smallest absolute Gasteiger partial charge is 0.349 e. The molecule has 0 atom stereocenters. The third-order valence-corrected chi connectivity index (χ3v) is 7.26. The Labute approximate surface area is 214 Å². The molecule has 37 heavy (non-hydrogen) atoms. The molecule has 0 amide bonds. The fourth-order valence-corrected chi connectivity index (χ4v) is 5.05. The van der Waals surface area contributed by atoms with E-state index in [-0.39, 0.29) is 33.9 Å². The molecule has 0 spiro atoms. The lowest BCUT2D eigenvalue weighted by Gasteiger charge is -2.16. The van der Waals surface area contributed by atoms with Gasteiger partial charge in [0.15, 0.2) is 29.0 Å². The van der Waals surface area contributed by atoms with Crippen molar-refractivity contribution in [3.8, 4) is 5.75 Å². The Hall–Kier alpha value is -3.37. The van der Waals surface area contributed by atoms with Crippen molar-refractivity contribution in [2.75, 3.05) is 0 Å². The molecule has 6 rings (SSSR count). The Morgan fingerprint density at radius 1 is 0.784 bits per heavy atom. The lowest BCUT2D eigenvalue weighted by molar-refractivity contribution is 0.0730. The van der Waals surface area contributed by atoms with Crippen molar-refractivity contribution < 1.29 is 27.1 Å². The summed E-state index contributed by atoms with van der Waals surface area (Å²) in [6.45, 7) is 0. The Kier molecular flexibility index (Phi) is 5.40. The van der Waals surface area contributed by atoms with Crippen molar-refractivity contribution in [3.63, 3.8) is 0 Å². The van der Waals surface area contributed by atoms with Crippen LogP contribution in [0.4, 0.5) is 17.6 Å². The zero-order valence-corrected chi connectivity index (χ0v) is 20.1. The Morgan fingerprint density at radius 3 is 1.73 bits per heavy atom. The molecule has 2 aromatic carbocycles. The summed E-state index contributed by atoms with van der Waals surface area (Å²) in [5, 5.41) is -1.81. The Morgan fingerprint density at radius 2 is 1.24 bits per heavy atom. The highest BCUT2D eigenvalue weighted by molar-refractivity contribution is 6.35. The number of hydrogen-bond acceptors (Lipinski definition) is 4. The number of carbonyl (C=O) groups is 1. The summed E-state index contributed by atoms with van der Waals surface area (Å²) in [4.78, 5) is 39.4. The number of esters is 1. The molecule has 2 heterocycles. The van der Waals surface area contributed by atoms with Crippen LogP contribution in [0.15, 0.2) is 34.1 Å². The van der Waals surface area contributed by atoms with E-state index in [0.29, 0.717) is 37.8 Å². The van der Waals surface area contributed by atoms with Gasteiger partial charge in [-0.15, -0.1) is 0 Å². The summed E-state index contributed by atoms with van der Waals surface area (Å²) in [5.74, 6) is -7.13. The van der Waals surface area contributed by atoms with Crippen molar-refractivity contribution in [1.29, 1.82) is 0 Å². The molecule has 2 fully saturated rings. The lowest BCUT2D eigenvalue weighted by atomic mass is 10.1. The van der Waals surface area contributed by atoms with E-state index in [4.69, 9.17) is 27.9 Å². The molecule has 2 aliphatic carbocycles. The van der Waals surface area contributed by atoms with Crippen molar-refractivity contribution in [3.05, 3.63) is 83.9 Å². The summed E-state index contributed by atoms with van der Waals surface area (Å²) in [5.41, 5.74) is -2.56. The molecule has 12 heteroatoms. The largest absolute Gasteiger partial charge is 0.417 e. The first kappa shape index (κ1) is 24.0. The highest BCUT2D eigenvalue weighted by Crippen LogP contribution is 2.41. The van der Waals surface area contributed by atoms with Crippen molar-refractivity contribution in [2.24, 2.45) is 0 Å². The van der Waals surface area contributed by atoms with Gasteiger partial charge in [-0.1, -0.05) is 23.2 Å². The van der Waals surface area contributed by atoms with Gasteiger partial charge in [-0.25, -0.2) is 22.4 Å². The second-order valence-electron chi connectivity index (χ2n) is 9.13. The van der Waals surface area contributed by atoms with Gasteiger partial charge >= 0.3 is 5.97 Å². The van der Waals surface area contributed by atoms with Gasteiger partial charge in [0.05, 0.1) is 28.0 Å². The van der Waals surface area contributed by atoms with E-state index in [0.717, 1.165) is 12.4 Å². The van der Waals surface area contributed by atoms with Crippen molar-refractivity contribution >= 4 is 51.0 Å². The number of halogens is 6. The molecular weight excluding hydrogens is 539 g/mol. The highest BCUT2D eigenvalue weighted by Gasteiger charge is 2.32. The molecule has 0 unspecified atom stereocenters. The average Bonchev–Trinajstić information content (AvgIpc) is 3.77. The topological polar surface area (TPSA) is 70.3 Å². The molecule has 0 N–H and O–H groups in total. The Balaban J connectivity index is 1.52. The summed E-state index contributed by atoms with van der Waals surface area (Å²) < 4.78 is 64.6. The molecule has 4 aromatic rings. The van der Waals surface area contributed by atoms with Crippen LogP contribution in [0.1, 0.15) is 48.1 Å². The molecule has 0 saturated heterocycles. The first-order valence-corrected chi connectivity index (χ1v) is 12.0. The minimum Gasteiger partial charge on any atom is -0.417 e. The van der Waals surface area contributed by atoms with Crippen LogP contribution in [-0.4, -0.2) is 15.1 Å². The maximum atomic E-state index is 14.2. The number of hydrogen-bond donors (Lipinski definition) is 0. The predicted molar refractivity (Wildman–Crippen MR) is 128 cm³/mol. The monoisotopic (exact) mass is 552 g/mol. The molecule has 2 aliphatic rings. The maximum Gasteiger partial charge on any atom is 0.349 e. The number of benzene rings is 2. The standard InChI is InChI=1S/C25H14Cl2F4N2O4/c26-17-19(30)14(28)5-11-21(17)32(9-1-2-9)7-13(23(11)34)25(36)37-16-8-33(10-3-4-10)22-12(24(16)35)6-15(29)20(31)18(22)27/h5-10H,1-4H2. The summed E-state index contributed by atoms with van der Waals surface area (Å²) in [6.07, 6.45) is 4.94. The van der Waals surface area contributed by atoms with Gasteiger partial charge in [-0.2, -0.15) is 0 Å². The van der Waals surface area contributed by atoms with Crippen LogP contribution in [-0.2, 0) is 0 Å². The van der Waals surface area contributed by atoms with Crippen LogP contribution >= 0.6 is 23.2 Å². The van der Waals surface area contributed by atoms with Gasteiger partial charge in [0, 0.05) is 18.3 Å². The third kappa shape index (κ3) is 3.73. The van der Waals surface area contributed by atoms with E-state index in [9.17, 15) is 31.9 Å². The molecule has 0 radical (unpaired) electrons. The third-order valence-electron chi connectivity index (χ3n) is 6.57. The normalized spacial score (nSPS) is 15.5. The number of pyridine rings is 2. The zero-order valence-electron chi connectivity index (χ0n) is 18.6. The minimum atomic E-state index is -1.37. The molecule has 190 valence electrons. The number of ether oxygens (including phenoxy) is 1. The van der Waals surface area contributed by atoms with E-state index in [1.165, 1.54) is 9.13 Å². The average molecular weight is 553 g/mol. The van der Waals surface area contributed by atoms with E-state index >= 15 is 0 Å². The van der Waals surface area contributed by atoms with Crippen LogP contribution in [0.3, 0.4) is 0 Å². The van der Waals surface area contributed by atoms with E-state index in [2.05, 4.69) is 0 Å². The molecular formula is C25H14Cl2F4N2O4. The van der Waals surface area contributed by atoms with Gasteiger partial charge in [0.25, 0.3) is 0 Å². The molecule has 0 aliphatic heterocycles. The quantitative estimate of drug-likeness (QED) is 0.175. The number of fused-ring (bicyclic) bond motifs is 2. The summed E-state index contributed by atoms with van der Waals surface area (Å²) >= 11 is 12.0. The van der Waals surface area contributed by atoms with Gasteiger partial charge in [0.2, 0.25) is 10.9 Å². The fraction of sp³-hybridized carbons (Fsp3) is 0.240. The SMILES string of the molecule is O=C(Oc1cn(C2CC2)c2c(Cl)c(F)c(F)cc2c1=O)c1cn(C2CC2)c2c(Cl)c(F)c(F)cc2c1=O. The second kappa shape index (κ2) is 8.32. The molecule has 2 aromatic heterocycles. The highest BCUT2D eigenvalue weighted by atomic mass is 35.5. The Bertz CT molecular complexity index is 1810.